The molecule has 1 saturated heterocycles. The number of rotatable bonds is 9. The van der Waals surface area contributed by atoms with Gasteiger partial charge in [0.15, 0.2) is 5.96 Å². The molecule has 3 rings (SSSR count). The number of ether oxygens (including phenoxy) is 2. The van der Waals surface area contributed by atoms with E-state index >= 15 is 0 Å². The van der Waals surface area contributed by atoms with Gasteiger partial charge in [0.25, 0.3) is 0 Å². The van der Waals surface area contributed by atoms with Crippen molar-refractivity contribution in [1.82, 2.24) is 10.6 Å². The fourth-order valence-corrected chi connectivity index (χ4v) is 3.92. The number of aliphatic imine (C=N–C) groups is 1. The summed E-state index contributed by atoms with van der Waals surface area (Å²) in [4.78, 5) is 4.37. The molecule has 7 heteroatoms. The van der Waals surface area contributed by atoms with Crippen LogP contribution >= 0.6 is 35.6 Å². The van der Waals surface area contributed by atoms with E-state index in [1.165, 1.54) is 18.4 Å². The van der Waals surface area contributed by atoms with Crippen molar-refractivity contribution < 1.29 is 9.47 Å². The average molecular weight is 522 g/mol. The summed E-state index contributed by atoms with van der Waals surface area (Å²) in [6.45, 7) is 4.90. The summed E-state index contributed by atoms with van der Waals surface area (Å²) >= 11 is 6.53. The zero-order chi connectivity index (χ0) is 19.0. The van der Waals surface area contributed by atoms with Gasteiger partial charge in [-0.3, -0.25) is 4.99 Å². The van der Waals surface area contributed by atoms with E-state index in [2.05, 4.69) is 27.8 Å². The molecule has 2 N–H and O–H groups in total. The van der Waals surface area contributed by atoms with Crippen molar-refractivity contribution in [2.45, 2.75) is 37.5 Å². The van der Waals surface area contributed by atoms with Crippen LogP contribution in [0.5, 0.6) is 0 Å². The van der Waals surface area contributed by atoms with Gasteiger partial charge in [-0.05, 0) is 49.7 Å². The molecule has 0 bridgehead atoms. The molecule has 0 amide bonds. The van der Waals surface area contributed by atoms with Crippen molar-refractivity contribution in [1.29, 1.82) is 0 Å². The fraction of sp³-hybridized carbons (Fsp3) is 0.667. The first kappa shape index (κ1) is 23.7. The minimum Gasteiger partial charge on any atom is -0.381 e. The molecular weight excluding hydrogens is 489 g/mol. The maximum Gasteiger partial charge on any atom is 0.191 e. The van der Waals surface area contributed by atoms with E-state index in [1.54, 1.807) is 0 Å². The van der Waals surface area contributed by atoms with Gasteiger partial charge in [-0.2, -0.15) is 0 Å². The normalized spacial score (nSPS) is 19.0. The maximum atomic E-state index is 6.53. The third-order valence-corrected chi connectivity index (χ3v) is 5.85. The Bertz CT molecular complexity index is 619. The Balaban J connectivity index is 0.00000280. The van der Waals surface area contributed by atoms with Gasteiger partial charge in [0, 0.05) is 57.0 Å². The van der Waals surface area contributed by atoms with Gasteiger partial charge < -0.3 is 20.1 Å². The molecule has 0 radical (unpaired) electrons. The Morgan fingerprint density at radius 3 is 2.68 bits per heavy atom. The molecule has 28 heavy (non-hydrogen) atoms. The molecule has 0 atom stereocenters. The Labute approximate surface area is 191 Å². The lowest BCUT2D eigenvalue weighted by molar-refractivity contribution is 0.0514. The van der Waals surface area contributed by atoms with Crippen molar-refractivity contribution in [3.05, 3.63) is 34.9 Å². The van der Waals surface area contributed by atoms with E-state index in [-0.39, 0.29) is 29.4 Å². The van der Waals surface area contributed by atoms with Gasteiger partial charge in [0.1, 0.15) is 0 Å². The predicted octanol–water partition coefficient (Wildman–Crippen LogP) is 3.99. The van der Waals surface area contributed by atoms with Crippen molar-refractivity contribution in [3.63, 3.8) is 0 Å². The van der Waals surface area contributed by atoms with Crippen molar-refractivity contribution >= 4 is 41.5 Å². The van der Waals surface area contributed by atoms with Crippen LogP contribution in [0.1, 0.15) is 37.7 Å². The molecule has 1 aliphatic heterocycles. The van der Waals surface area contributed by atoms with Crippen LogP contribution in [-0.2, 0) is 14.9 Å². The van der Waals surface area contributed by atoms with Gasteiger partial charge in [0.05, 0.1) is 0 Å². The molecule has 1 saturated carbocycles. The van der Waals surface area contributed by atoms with Gasteiger partial charge in [-0.1, -0.05) is 29.8 Å². The number of nitrogens with zero attached hydrogens (tertiary/aromatic N) is 1. The summed E-state index contributed by atoms with van der Waals surface area (Å²) in [5.41, 5.74) is 1.17. The molecular formula is C21H33ClIN3O2. The first-order valence-corrected chi connectivity index (χ1v) is 10.5. The molecule has 2 fully saturated rings. The lowest BCUT2D eigenvalue weighted by atomic mass is 9.74. The Hall–Kier alpha value is -0.570. The third-order valence-electron chi connectivity index (χ3n) is 5.52. The van der Waals surface area contributed by atoms with Crippen LogP contribution < -0.4 is 10.6 Å². The average Bonchev–Trinajstić information content (AvgIpc) is 3.52. The first-order chi connectivity index (χ1) is 13.2. The van der Waals surface area contributed by atoms with Gasteiger partial charge in [0.2, 0.25) is 0 Å². The van der Waals surface area contributed by atoms with Crippen LogP contribution in [0, 0.1) is 5.92 Å². The lowest BCUT2D eigenvalue weighted by Gasteiger charge is -2.38. The smallest absolute Gasteiger partial charge is 0.191 e. The minimum atomic E-state index is -0.0262. The van der Waals surface area contributed by atoms with Crippen LogP contribution in [0.2, 0.25) is 5.02 Å². The van der Waals surface area contributed by atoms with Crippen LogP contribution in [0.3, 0.4) is 0 Å². The first-order valence-electron chi connectivity index (χ1n) is 10.1. The largest absolute Gasteiger partial charge is 0.381 e. The van der Waals surface area contributed by atoms with E-state index in [1.807, 2.05) is 19.2 Å². The molecule has 2 aliphatic rings. The monoisotopic (exact) mass is 521 g/mol. The minimum absolute atomic E-state index is 0. The van der Waals surface area contributed by atoms with E-state index in [0.717, 1.165) is 75.7 Å². The summed E-state index contributed by atoms with van der Waals surface area (Å²) < 4.78 is 11.3. The Morgan fingerprint density at radius 1 is 1.25 bits per heavy atom. The SMILES string of the molecule is CN=C(NCCCOCC1CC1)NCC1(c2ccccc2Cl)CCOCC1.I. The number of guanidine groups is 1. The second-order valence-corrected chi connectivity index (χ2v) is 8.00. The van der Waals surface area contributed by atoms with Crippen LogP contribution in [0.4, 0.5) is 0 Å². The van der Waals surface area contributed by atoms with Gasteiger partial charge >= 0.3 is 0 Å². The molecule has 1 aromatic carbocycles. The van der Waals surface area contributed by atoms with Crippen LogP contribution in [0.25, 0.3) is 0 Å². The van der Waals surface area contributed by atoms with Gasteiger partial charge in [-0.25, -0.2) is 0 Å². The molecule has 0 spiro atoms. The summed E-state index contributed by atoms with van der Waals surface area (Å²) in [7, 11) is 1.81. The number of halogens is 2. The van der Waals surface area contributed by atoms with Crippen molar-refractivity contribution in [2.75, 3.05) is 46.6 Å². The number of nitrogens with one attached hydrogen (secondary N) is 2. The molecule has 0 unspecified atom stereocenters. The van der Waals surface area contributed by atoms with Gasteiger partial charge in [-0.15, -0.1) is 24.0 Å². The predicted molar refractivity (Wildman–Crippen MR) is 126 cm³/mol. The molecule has 1 heterocycles. The highest BCUT2D eigenvalue weighted by Crippen LogP contribution is 2.38. The zero-order valence-electron chi connectivity index (χ0n) is 16.7. The number of hydrogen-bond donors (Lipinski definition) is 2. The molecule has 158 valence electrons. The Kier molecular flexibility index (Phi) is 10.3. The number of hydrogen-bond acceptors (Lipinski definition) is 3. The second kappa shape index (κ2) is 12.2. The molecule has 1 aliphatic carbocycles. The van der Waals surface area contributed by atoms with E-state index < -0.39 is 0 Å². The van der Waals surface area contributed by atoms with E-state index in [4.69, 9.17) is 21.1 Å². The quantitative estimate of drug-likeness (QED) is 0.223. The van der Waals surface area contributed by atoms with E-state index in [0.29, 0.717) is 0 Å². The van der Waals surface area contributed by atoms with Crippen molar-refractivity contribution in [2.24, 2.45) is 10.9 Å². The highest BCUT2D eigenvalue weighted by Gasteiger charge is 2.36. The molecule has 0 aromatic heterocycles. The Morgan fingerprint density at radius 2 is 2.00 bits per heavy atom. The van der Waals surface area contributed by atoms with Crippen LogP contribution in [-0.4, -0.2) is 52.5 Å². The summed E-state index contributed by atoms with van der Waals surface area (Å²) in [5.74, 6) is 1.66. The molecule has 5 nitrogen and oxygen atoms in total. The summed E-state index contributed by atoms with van der Waals surface area (Å²) in [5, 5.41) is 7.73. The maximum absolute atomic E-state index is 6.53. The topological polar surface area (TPSA) is 54.9 Å². The van der Waals surface area contributed by atoms with Crippen LogP contribution in [0.15, 0.2) is 29.3 Å². The summed E-state index contributed by atoms with van der Waals surface area (Å²) in [6, 6.07) is 8.16. The van der Waals surface area contributed by atoms with E-state index in [9.17, 15) is 0 Å². The zero-order valence-corrected chi connectivity index (χ0v) is 19.8. The fourth-order valence-electron chi connectivity index (χ4n) is 3.58. The van der Waals surface area contributed by atoms with Crippen molar-refractivity contribution in [3.8, 4) is 0 Å². The standard InChI is InChI=1S/C21H32ClN3O2.HI/c1-23-20(24-11-4-12-27-15-17-7-8-17)25-16-21(9-13-26-14-10-21)18-5-2-3-6-19(18)22;/h2-3,5-6,17H,4,7-16H2,1H3,(H2,23,24,25);1H. The third kappa shape index (κ3) is 7.04. The summed E-state index contributed by atoms with van der Waals surface area (Å²) in [6.07, 6.45) is 5.57. The second-order valence-electron chi connectivity index (χ2n) is 7.60. The molecule has 1 aromatic rings. The highest BCUT2D eigenvalue weighted by molar-refractivity contribution is 14.0. The highest BCUT2D eigenvalue weighted by atomic mass is 127. The lowest BCUT2D eigenvalue weighted by Crippen LogP contribution is -2.48. The number of benzene rings is 1.